The Hall–Kier alpha value is -3.60. The Bertz CT molecular complexity index is 1120. The van der Waals surface area contributed by atoms with Crippen LogP contribution in [0, 0.1) is 42.0 Å². The molecule has 0 saturated heterocycles. The van der Waals surface area contributed by atoms with E-state index in [9.17, 15) is 17.6 Å². The lowest BCUT2D eigenvalue weighted by Crippen LogP contribution is -2.02. The van der Waals surface area contributed by atoms with Crippen molar-refractivity contribution in [2.45, 2.75) is 20.5 Å². The van der Waals surface area contributed by atoms with Crippen molar-refractivity contribution >= 4 is 0 Å². The number of aromatic nitrogens is 2. The number of benzene rings is 2. The van der Waals surface area contributed by atoms with Gasteiger partial charge in [0.1, 0.15) is 12.4 Å². The van der Waals surface area contributed by atoms with Crippen molar-refractivity contribution in [1.29, 1.82) is 0 Å². The summed E-state index contributed by atoms with van der Waals surface area (Å²) >= 11 is 0. The molecule has 1 aromatic heterocycles. The van der Waals surface area contributed by atoms with Crippen LogP contribution in [0.5, 0.6) is 11.5 Å². The minimum atomic E-state index is -1.26. The summed E-state index contributed by atoms with van der Waals surface area (Å²) in [5, 5.41) is 0. The van der Waals surface area contributed by atoms with Crippen LogP contribution in [0.3, 0.4) is 0 Å². The SMILES string of the molecule is CCOc1ccc(C#Cc2ccc(OCc3cnc(C)nc3)c(F)c2F)c(F)c1F. The Kier molecular flexibility index (Phi) is 6.52. The molecule has 30 heavy (non-hydrogen) atoms. The smallest absolute Gasteiger partial charge is 0.201 e. The zero-order valence-corrected chi connectivity index (χ0v) is 16.1. The van der Waals surface area contributed by atoms with Crippen molar-refractivity contribution in [2.24, 2.45) is 0 Å². The highest BCUT2D eigenvalue weighted by Crippen LogP contribution is 2.24. The third kappa shape index (κ3) is 4.69. The molecule has 2 aromatic carbocycles. The molecule has 8 heteroatoms. The molecule has 0 aliphatic heterocycles. The van der Waals surface area contributed by atoms with Crippen molar-refractivity contribution in [3.63, 3.8) is 0 Å². The Morgan fingerprint density at radius 2 is 1.27 bits per heavy atom. The highest BCUT2D eigenvalue weighted by atomic mass is 19.2. The van der Waals surface area contributed by atoms with Crippen LogP contribution in [0.4, 0.5) is 17.6 Å². The highest BCUT2D eigenvalue weighted by molar-refractivity contribution is 5.47. The summed E-state index contributed by atoms with van der Waals surface area (Å²) in [5.41, 5.74) is -0.0556. The molecule has 0 radical (unpaired) electrons. The van der Waals surface area contributed by atoms with Crippen molar-refractivity contribution in [2.75, 3.05) is 6.61 Å². The topological polar surface area (TPSA) is 44.2 Å². The Morgan fingerprint density at radius 1 is 0.767 bits per heavy atom. The van der Waals surface area contributed by atoms with Gasteiger partial charge in [-0.25, -0.2) is 18.7 Å². The quantitative estimate of drug-likeness (QED) is 0.446. The predicted molar refractivity (Wildman–Crippen MR) is 101 cm³/mol. The summed E-state index contributed by atoms with van der Waals surface area (Å²) in [6.07, 6.45) is 3.03. The van der Waals surface area contributed by atoms with Gasteiger partial charge in [-0.1, -0.05) is 11.8 Å². The van der Waals surface area contributed by atoms with E-state index in [0.717, 1.165) is 0 Å². The normalized spacial score (nSPS) is 10.3. The van der Waals surface area contributed by atoms with E-state index in [1.165, 1.54) is 36.7 Å². The molecule has 1 heterocycles. The lowest BCUT2D eigenvalue weighted by molar-refractivity contribution is 0.283. The molecule has 0 spiro atoms. The maximum Gasteiger partial charge on any atom is 0.201 e. The minimum Gasteiger partial charge on any atom is -0.491 e. The number of rotatable bonds is 5. The second-order valence-corrected chi connectivity index (χ2v) is 6.09. The molecule has 0 aliphatic carbocycles. The molecule has 0 atom stereocenters. The zero-order chi connectivity index (χ0) is 21.7. The lowest BCUT2D eigenvalue weighted by atomic mass is 10.1. The number of hydrogen-bond donors (Lipinski definition) is 0. The summed E-state index contributed by atoms with van der Waals surface area (Å²) in [4.78, 5) is 7.97. The van der Waals surface area contributed by atoms with Crippen LogP contribution in [-0.4, -0.2) is 16.6 Å². The van der Waals surface area contributed by atoms with Crippen LogP contribution in [0.15, 0.2) is 36.7 Å². The van der Waals surface area contributed by atoms with Gasteiger partial charge in [-0.3, -0.25) is 0 Å². The van der Waals surface area contributed by atoms with Gasteiger partial charge < -0.3 is 9.47 Å². The molecule has 154 valence electrons. The van der Waals surface area contributed by atoms with E-state index >= 15 is 0 Å². The minimum absolute atomic E-state index is 0.0572. The number of hydrogen-bond acceptors (Lipinski definition) is 4. The lowest BCUT2D eigenvalue weighted by Gasteiger charge is -2.08. The van der Waals surface area contributed by atoms with Crippen molar-refractivity contribution in [1.82, 2.24) is 9.97 Å². The number of ether oxygens (including phenoxy) is 2. The van der Waals surface area contributed by atoms with Gasteiger partial charge in [0.25, 0.3) is 0 Å². The van der Waals surface area contributed by atoms with Crippen LogP contribution >= 0.6 is 0 Å². The first kappa shape index (κ1) is 21.1. The van der Waals surface area contributed by atoms with Crippen LogP contribution < -0.4 is 9.47 Å². The summed E-state index contributed by atoms with van der Waals surface area (Å²) in [7, 11) is 0. The monoisotopic (exact) mass is 416 g/mol. The fourth-order valence-corrected chi connectivity index (χ4v) is 2.42. The molecule has 3 aromatic rings. The van der Waals surface area contributed by atoms with Gasteiger partial charge in [-0.15, -0.1) is 0 Å². The van der Waals surface area contributed by atoms with Crippen molar-refractivity contribution in [3.8, 4) is 23.3 Å². The summed E-state index contributed by atoms with van der Waals surface area (Å²) in [6, 6.07) is 4.81. The maximum atomic E-state index is 14.3. The van der Waals surface area contributed by atoms with E-state index in [4.69, 9.17) is 9.47 Å². The van der Waals surface area contributed by atoms with E-state index in [0.29, 0.717) is 11.4 Å². The van der Waals surface area contributed by atoms with Gasteiger partial charge >= 0.3 is 0 Å². The molecule has 0 N–H and O–H groups in total. The van der Waals surface area contributed by atoms with Gasteiger partial charge in [0.15, 0.2) is 23.1 Å². The van der Waals surface area contributed by atoms with E-state index in [1.807, 2.05) is 0 Å². The predicted octanol–water partition coefficient (Wildman–Crippen LogP) is 4.72. The standard InChI is InChI=1S/C22H16F4N2O2/c1-3-29-17-8-6-15(19(23)21(17)25)4-5-16-7-9-18(22(26)20(16)24)30-12-14-10-27-13(2)28-11-14/h6-11H,3,12H2,1-2H3. The number of aryl methyl sites for hydroxylation is 1. The maximum absolute atomic E-state index is 14.3. The highest BCUT2D eigenvalue weighted by Gasteiger charge is 2.15. The zero-order valence-electron chi connectivity index (χ0n) is 16.1. The van der Waals surface area contributed by atoms with E-state index in [2.05, 4.69) is 21.8 Å². The third-order valence-corrected chi connectivity index (χ3v) is 3.95. The summed E-state index contributed by atoms with van der Waals surface area (Å²) in [6.45, 7) is 3.45. The van der Waals surface area contributed by atoms with Crippen LogP contribution in [0.25, 0.3) is 0 Å². The molecule has 0 unspecified atom stereocenters. The van der Waals surface area contributed by atoms with Crippen LogP contribution in [-0.2, 0) is 6.61 Å². The Morgan fingerprint density at radius 3 is 1.77 bits per heavy atom. The summed E-state index contributed by atoms with van der Waals surface area (Å²) < 4.78 is 66.8. The molecular formula is C22H16F4N2O2. The van der Waals surface area contributed by atoms with Gasteiger partial charge in [0, 0.05) is 18.0 Å². The average molecular weight is 416 g/mol. The summed E-state index contributed by atoms with van der Waals surface area (Å²) in [5.74, 6) is -0.310. The van der Waals surface area contributed by atoms with E-state index < -0.39 is 23.3 Å². The van der Waals surface area contributed by atoms with Crippen LogP contribution in [0.1, 0.15) is 29.4 Å². The van der Waals surface area contributed by atoms with Gasteiger partial charge in [0.2, 0.25) is 11.6 Å². The Balaban J connectivity index is 1.80. The number of halogens is 4. The molecule has 4 nitrogen and oxygen atoms in total. The molecule has 0 bridgehead atoms. The van der Waals surface area contributed by atoms with Crippen LogP contribution in [0.2, 0.25) is 0 Å². The fraction of sp³-hybridized carbons (Fsp3) is 0.182. The van der Waals surface area contributed by atoms with E-state index in [1.54, 1.807) is 13.8 Å². The molecule has 0 saturated carbocycles. The van der Waals surface area contributed by atoms with Gasteiger partial charge in [0.05, 0.1) is 17.7 Å². The third-order valence-electron chi connectivity index (χ3n) is 3.95. The average Bonchev–Trinajstić information content (AvgIpc) is 2.74. The fourth-order valence-electron chi connectivity index (χ4n) is 2.42. The van der Waals surface area contributed by atoms with Gasteiger partial charge in [-0.05, 0) is 38.1 Å². The molecule has 0 fully saturated rings. The Labute approximate surface area is 170 Å². The second-order valence-electron chi connectivity index (χ2n) is 6.09. The van der Waals surface area contributed by atoms with E-state index in [-0.39, 0.29) is 35.8 Å². The second kappa shape index (κ2) is 9.27. The van der Waals surface area contributed by atoms with Crippen molar-refractivity contribution in [3.05, 3.63) is 82.4 Å². The molecule has 3 rings (SSSR count). The number of nitrogens with zero attached hydrogens (tertiary/aromatic N) is 2. The molecule has 0 amide bonds. The first-order chi connectivity index (χ1) is 14.4. The largest absolute Gasteiger partial charge is 0.491 e. The first-order valence-electron chi connectivity index (χ1n) is 8.91. The van der Waals surface area contributed by atoms with Crippen molar-refractivity contribution < 1.29 is 27.0 Å². The molecular weight excluding hydrogens is 400 g/mol. The molecule has 0 aliphatic rings. The first-order valence-corrected chi connectivity index (χ1v) is 8.91. The van der Waals surface area contributed by atoms with Gasteiger partial charge in [-0.2, -0.15) is 8.78 Å².